The van der Waals surface area contributed by atoms with Crippen LogP contribution in [0.2, 0.25) is 0 Å². The Labute approximate surface area is 266 Å². The van der Waals surface area contributed by atoms with E-state index in [1.165, 1.54) is 55.0 Å². The summed E-state index contributed by atoms with van der Waals surface area (Å²) in [6.45, 7) is 0. The molecule has 0 saturated heterocycles. The topological polar surface area (TPSA) is 35.6 Å². The van der Waals surface area contributed by atoms with Gasteiger partial charge in [-0.15, -0.1) is 0 Å². The molecule has 216 valence electrons. The van der Waals surface area contributed by atoms with Gasteiger partial charge in [0.25, 0.3) is 0 Å². The number of rotatable bonds is 5. The second-order valence-electron chi connectivity index (χ2n) is 11.6. The largest absolute Gasteiger partial charge is 0.315 e. The summed E-state index contributed by atoms with van der Waals surface area (Å²) in [7, 11) is 0. The number of hydrogen-bond acceptors (Lipinski definition) is 2. The molecule has 3 aromatic heterocycles. The lowest BCUT2D eigenvalue weighted by Gasteiger charge is -2.15. The van der Waals surface area contributed by atoms with Crippen molar-refractivity contribution in [3.8, 4) is 45.0 Å². The van der Waals surface area contributed by atoms with Gasteiger partial charge in [0.05, 0.1) is 16.6 Å². The monoisotopic (exact) mass is 588 g/mol. The van der Waals surface area contributed by atoms with Crippen molar-refractivity contribution in [2.75, 3.05) is 0 Å². The SMILES string of the molecule is c1ccc(-c2cc(-c3ccccc3)cc(-n3ccc4ccc5c6ccccc6n(-c6ccc(-c7ncccn7)cc6)c5c43)c2)cc1. The van der Waals surface area contributed by atoms with Crippen LogP contribution in [0.5, 0.6) is 0 Å². The third-order valence-corrected chi connectivity index (χ3v) is 8.84. The van der Waals surface area contributed by atoms with Crippen LogP contribution in [-0.2, 0) is 0 Å². The van der Waals surface area contributed by atoms with Crippen LogP contribution >= 0.6 is 0 Å². The molecule has 0 saturated carbocycles. The minimum Gasteiger partial charge on any atom is -0.315 e. The van der Waals surface area contributed by atoms with E-state index in [1.807, 2.05) is 6.07 Å². The van der Waals surface area contributed by atoms with Gasteiger partial charge in [0.2, 0.25) is 0 Å². The fourth-order valence-electron chi connectivity index (χ4n) is 6.71. The Bertz CT molecular complexity index is 2430. The number of hydrogen-bond donors (Lipinski definition) is 0. The third-order valence-electron chi connectivity index (χ3n) is 8.84. The van der Waals surface area contributed by atoms with Gasteiger partial charge < -0.3 is 9.13 Å². The molecule has 0 fully saturated rings. The summed E-state index contributed by atoms with van der Waals surface area (Å²) in [5, 5.41) is 3.64. The van der Waals surface area contributed by atoms with Crippen LogP contribution < -0.4 is 0 Å². The van der Waals surface area contributed by atoms with Gasteiger partial charge in [-0.3, -0.25) is 0 Å². The van der Waals surface area contributed by atoms with E-state index in [2.05, 4.69) is 171 Å². The molecule has 0 atom stereocenters. The fraction of sp³-hybridized carbons (Fsp3) is 0. The van der Waals surface area contributed by atoms with Crippen molar-refractivity contribution in [3.63, 3.8) is 0 Å². The maximum Gasteiger partial charge on any atom is 0.159 e. The number of para-hydroxylation sites is 1. The van der Waals surface area contributed by atoms with Crippen LogP contribution in [0.3, 0.4) is 0 Å². The molecule has 0 amide bonds. The van der Waals surface area contributed by atoms with Gasteiger partial charge in [0, 0.05) is 51.7 Å². The number of fused-ring (bicyclic) bond motifs is 5. The normalized spacial score (nSPS) is 11.5. The van der Waals surface area contributed by atoms with Gasteiger partial charge in [0.15, 0.2) is 5.82 Å². The Morgan fingerprint density at radius 1 is 0.413 bits per heavy atom. The average Bonchev–Trinajstić information content (AvgIpc) is 3.72. The highest BCUT2D eigenvalue weighted by atomic mass is 15.0. The summed E-state index contributed by atoms with van der Waals surface area (Å²) in [6, 6.07) is 54.0. The summed E-state index contributed by atoms with van der Waals surface area (Å²) in [5.41, 5.74) is 11.5. The first-order valence-electron chi connectivity index (χ1n) is 15.5. The summed E-state index contributed by atoms with van der Waals surface area (Å²) >= 11 is 0. The van der Waals surface area contributed by atoms with Gasteiger partial charge in [-0.1, -0.05) is 91.0 Å². The molecule has 46 heavy (non-hydrogen) atoms. The smallest absolute Gasteiger partial charge is 0.159 e. The molecule has 4 heteroatoms. The highest BCUT2D eigenvalue weighted by Crippen LogP contribution is 2.39. The molecule has 9 rings (SSSR count). The average molecular weight is 589 g/mol. The first-order valence-corrected chi connectivity index (χ1v) is 15.5. The highest BCUT2D eigenvalue weighted by molar-refractivity contribution is 6.18. The predicted octanol–water partition coefficient (Wildman–Crippen LogP) is 10.5. The number of aromatic nitrogens is 4. The Kier molecular flexibility index (Phi) is 6.10. The molecule has 6 aromatic carbocycles. The molecule has 0 radical (unpaired) electrons. The Morgan fingerprint density at radius 2 is 1.07 bits per heavy atom. The lowest BCUT2D eigenvalue weighted by molar-refractivity contribution is 1.12. The molecule has 0 aliphatic carbocycles. The van der Waals surface area contributed by atoms with Crippen LogP contribution in [0.4, 0.5) is 0 Å². The molecular weight excluding hydrogens is 560 g/mol. The third kappa shape index (κ3) is 4.31. The summed E-state index contributed by atoms with van der Waals surface area (Å²) in [5.74, 6) is 0.722. The zero-order valence-corrected chi connectivity index (χ0v) is 25.0. The van der Waals surface area contributed by atoms with Crippen molar-refractivity contribution >= 4 is 32.7 Å². The fourth-order valence-corrected chi connectivity index (χ4v) is 6.71. The van der Waals surface area contributed by atoms with Crippen LogP contribution in [0.15, 0.2) is 170 Å². The summed E-state index contributed by atoms with van der Waals surface area (Å²) in [6.07, 6.45) is 5.77. The molecule has 0 aliphatic rings. The molecule has 0 bridgehead atoms. The Morgan fingerprint density at radius 3 is 1.76 bits per heavy atom. The van der Waals surface area contributed by atoms with Crippen molar-refractivity contribution in [1.82, 2.24) is 19.1 Å². The predicted molar refractivity (Wildman–Crippen MR) is 190 cm³/mol. The van der Waals surface area contributed by atoms with E-state index in [-0.39, 0.29) is 0 Å². The molecule has 3 heterocycles. The second-order valence-corrected chi connectivity index (χ2v) is 11.6. The van der Waals surface area contributed by atoms with Gasteiger partial charge in [0.1, 0.15) is 0 Å². The lowest BCUT2D eigenvalue weighted by Crippen LogP contribution is -1.99. The second kappa shape index (κ2) is 10.7. The van der Waals surface area contributed by atoms with E-state index < -0.39 is 0 Å². The van der Waals surface area contributed by atoms with Crippen LogP contribution in [0.1, 0.15) is 0 Å². The van der Waals surface area contributed by atoms with E-state index in [0.29, 0.717) is 0 Å². The molecule has 0 N–H and O–H groups in total. The molecular formula is C42H28N4. The first-order chi connectivity index (χ1) is 22.8. The minimum atomic E-state index is 0.722. The van der Waals surface area contributed by atoms with Gasteiger partial charge in [-0.05, 0) is 82.9 Å². The van der Waals surface area contributed by atoms with Crippen molar-refractivity contribution in [2.24, 2.45) is 0 Å². The van der Waals surface area contributed by atoms with Crippen molar-refractivity contribution in [1.29, 1.82) is 0 Å². The van der Waals surface area contributed by atoms with E-state index >= 15 is 0 Å². The molecule has 0 unspecified atom stereocenters. The standard InChI is InChI=1S/C42H28N4/c1-3-10-29(11-4-1)33-26-34(30-12-5-2-6-13-30)28-36(27-33)45-25-22-31-18-21-38-37-14-7-8-15-39(37)46(41(38)40(31)45)35-19-16-32(17-20-35)42-43-23-9-24-44-42/h1-28H. The maximum absolute atomic E-state index is 4.46. The van der Waals surface area contributed by atoms with E-state index in [0.717, 1.165) is 22.8 Å². The minimum absolute atomic E-state index is 0.722. The van der Waals surface area contributed by atoms with Crippen molar-refractivity contribution in [3.05, 3.63) is 170 Å². The van der Waals surface area contributed by atoms with Crippen molar-refractivity contribution in [2.45, 2.75) is 0 Å². The molecule has 9 aromatic rings. The van der Waals surface area contributed by atoms with Gasteiger partial charge in [-0.2, -0.15) is 0 Å². The van der Waals surface area contributed by atoms with Crippen molar-refractivity contribution < 1.29 is 0 Å². The quantitative estimate of drug-likeness (QED) is 0.200. The zero-order valence-electron chi connectivity index (χ0n) is 25.0. The highest BCUT2D eigenvalue weighted by Gasteiger charge is 2.19. The maximum atomic E-state index is 4.46. The van der Waals surface area contributed by atoms with E-state index in [4.69, 9.17) is 0 Å². The lowest BCUT2D eigenvalue weighted by atomic mass is 9.98. The van der Waals surface area contributed by atoms with Crippen LogP contribution in [0.25, 0.3) is 77.7 Å². The van der Waals surface area contributed by atoms with Crippen LogP contribution in [0, 0.1) is 0 Å². The molecule has 4 nitrogen and oxygen atoms in total. The summed E-state index contributed by atoms with van der Waals surface area (Å²) in [4.78, 5) is 8.91. The first kappa shape index (κ1) is 26.2. The summed E-state index contributed by atoms with van der Waals surface area (Å²) < 4.78 is 4.76. The van der Waals surface area contributed by atoms with Gasteiger partial charge >= 0.3 is 0 Å². The van der Waals surface area contributed by atoms with Crippen LogP contribution in [-0.4, -0.2) is 19.1 Å². The number of nitrogens with zero attached hydrogens (tertiary/aromatic N) is 4. The Balaban J connectivity index is 1.32. The van der Waals surface area contributed by atoms with E-state index in [1.54, 1.807) is 12.4 Å². The van der Waals surface area contributed by atoms with Gasteiger partial charge in [-0.25, -0.2) is 9.97 Å². The molecule has 0 spiro atoms. The molecule has 0 aliphatic heterocycles. The zero-order chi connectivity index (χ0) is 30.5. The number of benzene rings is 6. The van der Waals surface area contributed by atoms with E-state index in [9.17, 15) is 0 Å². The Hall–Kier alpha value is -6.26.